The molecule has 0 bridgehead atoms. The second-order valence-corrected chi connectivity index (χ2v) is 8.13. The van der Waals surface area contributed by atoms with Gasteiger partial charge in [-0.3, -0.25) is 4.90 Å². The molecule has 4 aromatic rings. The first-order valence-electron chi connectivity index (χ1n) is 9.36. The minimum absolute atomic E-state index is 0.273. The predicted octanol–water partition coefficient (Wildman–Crippen LogP) is 3.93. The van der Waals surface area contributed by atoms with Gasteiger partial charge in [-0.15, -0.1) is 26.3 Å². The van der Waals surface area contributed by atoms with Crippen LogP contribution >= 0.6 is 11.3 Å². The van der Waals surface area contributed by atoms with E-state index in [0.717, 1.165) is 37.0 Å². The van der Waals surface area contributed by atoms with Crippen LogP contribution < -0.4 is 0 Å². The van der Waals surface area contributed by atoms with Gasteiger partial charge in [0.25, 0.3) is 0 Å². The molecule has 28 heavy (non-hydrogen) atoms. The van der Waals surface area contributed by atoms with Crippen LogP contribution in [0.5, 0.6) is 0 Å². The number of hydrogen-bond acceptors (Lipinski definition) is 6. The Kier molecular flexibility index (Phi) is 4.58. The molecule has 6 nitrogen and oxygen atoms in total. The molecule has 1 saturated heterocycles. The molecule has 1 aliphatic rings. The first kappa shape index (κ1) is 17.4. The van der Waals surface area contributed by atoms with Crippen LogP contribution in [0, 0.1) is 5.82 Å². The molecule has 1 unspecified atom stereocenters. The fourth-order valence-electron chi connectivity index (χ4n) is 3.65. The number of fused-ring (bicyclic) bond motifs is 1. The van der Waals surface area contributed by atoms with Gasteiger partial charge in [-0.1, -0.05) is 12.1 Å². The third-order valence-corrected chi connectivity index (χ3v) is 6.25. The number of tetrazole rings is 1. The Balaban J connectivity index is 1.28. The summed E-state index contributed by atoms with van der Waals surface area (Å²) in [6, 6.07) is 14.5. The Hall–Kier alpha value is -2.71. The number of para-hydroxylation sites is 1. The Bertz CT molecular complexity index is 1060. The summed E-state index contributed by atoms with van der Waals surface area (Å²) in [7, 11) is 0. The molecule has 2 aromatic carbocycles. The van der Waals surface area contributed by atoms with Gasteiger partial charge in [-0.25, -0.2) is 9.37 Å². The average molecular weight is 394 g/mol. The Morgan fingerprint density at radius 2 is 1.96 bits per heavy atom. The summed E-state index contributed by atoms with van der Waals surface area (Å²) in [6.45, 7) is 2.54. The van der Waals surface area contributed by atoms with Crippen molar-refractivity contribution in [3.63, 3.8) is 0 Å². The molecule has 8 heteroatoms. The maximum atomic E-state index is 13.1. The van der Waals surface area contributed by atoms with Gasteiger partial charge in [0.15, 0.2) is 0 Å². The van der Waals surface area contributed by atoms with E-state index in [4.69, 9.17) is 4.98 Å². The lowest BCUT2D eigenvalue weighted by atomic mass is 9.99. The van der Waals surface area contributed by atoms with Gasteiger partial charge in [0.2, 0.25) is 5.82 Å². The summed E-state index contributed by atoms with van der Waals surface area (Å²) in [5.41, 5.74) is 1.85. The highest BCUT2D eigenvalue weighted by molar-refractivity contribution is 7.18. The van der Waals surface area contributed by atoms with E-state index < -0.39 is 0 Å². The zero-order valence-electron chi connectivity index (χ0n) is 15.2. The molecule has 2 aromatic heterocycles. The van der Waals surface area contributed by atoms with E-state index in [1.54, 1.807) is 28.3 Å². The Morgan fingerprint density at radius 1 is 1.11 bits per heavy atom. The van der Waals surface area contributed by atoms with E-state index in [1.807, 2.05) is 6.07 Å². The van der Waals surface area contributed by atoms with Crippen LogP contribution in [0.3, 0.4) is 0 Å². The SMILES string of the molecule is Fc1ccc(-c2nnn(CN3CCCC(c4nc5ccccc5s4)C3)n2)cc1. The lowest BCUT2D eigenvalue weighted by Gasteiger charge is -2.30. The molecule has 1 aliphatic heterocycles. The van der Waals surface area contributed by atoms with Crippen molar-refractivity contribution in [1.82, 2.24) is 30.1 Å². The van der Waals surface area contributed by atoms with Gasteiger partial charge < -0.3 is 0 Å². The number of piperidine rings is 1. The van der Waals surface area contributed by atoms with Crippen molar-refractivity contribution < 1.29 is 4.39 Å². The normalized spacial score (nSPS) is 18.0. The molecule has 0 N–H and O–H groups in total. The summed E-state index contributed by atoms with van der Waals surface area (Å²) in [5, 5.41) is 13.9. The summed E-state index contributed by atoms with van der Waals surface area (Å²) >= 11 is 1.80. The predicted molar refractivity (Wildman–Crippen MR) is 106 cm³/mol. The molecule has 0 aliphatic carbocycles. The summed E-state index contributed by atoms with van der Waals surface area (Å²) in [5.74, 6) is 0.677. The third-order valence-electron chi connectivity index (χ3n) is 5.05. The minimum Gasteiger partial charge on any atom is -0.282 e. The summed E-state index contributed by atoms with van der Waals surface area (Å²) in [4.78, 5) is 8.79. The van der Waals surface area contributed by atoms with Gasteiger partial charge in [-0.05, 0) is 61.0 Å². The average Bonchev–Trinajstić information content (AvgIpc) is 3.36. The van der Waals surface area contributed by atoms with Gasteiger partial charge in [0, 0.05) is 18.0 Å². The molecular formula is C20H19FN6S. The molecule has 142 valence electrons. The standard InChI is InChI=1S/C20H19FN6S/c21-16-9-7-14(8-10-16)19-23-25-27(24-19)13-26-11-3-4-15(12-26)20-22-17-5-1-2-6-18(17)28-20/h1-2,5-10,15H,3-4,11-13H2. The maximum Gasteiger partial charge on any atom is 0.204 e. The van der Waals surface area contributed by atoms with Gasteiger partial charge in [0.1, 0.15) is 12.5 Å². The summed E-state index contributed by atoms with van der Waals surface area (Å²) in [6.07, 6.45) is 2.28. The van der Waals surface area contributed by atoms with Crippen molar-refractivity contribution >= 4 is 21.6 Å². The zero-order valence-corrected chi connectivity index (χ0v) is 16.0. The molecule has 1 fully saturated rings. The lowest BCUT2D eigenvalue weighted by molar-refractivity contribution is 0.147. The highest BCUT2D eigenvalue weighted by Crippen LogP contribution is 2.33. The van der Waals surface area contributed by atoms with E-state index >= 15 is 0 Å². The van der Waals surface area contributed by atoms with Crippen LogP contribution in [-0.2, 0) is 6.67 Å². The molecule has 0 radical (unpaired) electrons. The van der Waals surface area contributed by atoms with Gasteiger partial charge in [0.05, 0.1) is 15.2 Å². The molecule has 3 heterocycles. The molecular weight excluding hydrogens is 375 g/mol. The van der Waals surface area contributed by atoms with Gasteiger partial charge >= 0.3 is 0 Å². The number of aromatic nitrogens is 5. The van der Waals surface area contributed by atoms with E-state index in [1.165, 1.54) is 21.8 Å². The van der Waals surface area contributed by atoms with Crippen LogP contribution in [0.2, 0.25) is 0 Å². The number of likely N-dealkylation sites (tertiary alicyclic amines) is 1. The van der Waals surface area contributed by atoms with Crippen molar-refractivity contribution in [1.29, 1.82) is 0 Å². The Morgan fingerprint density at radius 3 is 2.82 bits per heavy atom. The number of benzene rings is 2. The van der Waals surface area contributed by atoms with Crippen molar-refractivity contribution in [2.24, 2.45) is 0 Å². The second-order valence-electron chi connectivity index (χ2n) is 7.07. The van der Waals surface area contributed by atoms with Crippen molar-refractivity contribution in [3.8, 4) is 11.4 Å². The fourth-order valence-corrected chi connectivity index (χ4v) is 4.74. The molecule has 0 amide bonds. The first-order chi connectivity index (χ1) is 13.7. The van der Waals surface area contributed by atoms with Crippen LogP contribution in [0.4, 0.5) is 4.39 Å². The van der Waals surface area contributed by atoms with E-state index in [-0.39, 0.29) is 5.82 Å². The van der Waals surface area contributed by atoms with Crippen molar-refractivity contribution in [3.05, 3.63) is 59.4 Å². The molecule has 0 saturated carbocycles. The number of thiazole rings is 1. The summed E-state index contributed by atoms with van der Waals surface area (Å²) < 4.78 is 14.3. The topological polar surface area (TPSA) is 59.7 Å². The smallest absolute Gasteiger partial charge is 0.204 e. The van der Waals surface area contributed by atoms with Crippen LogP contribution in [0.1, 0.15) is 23.8 Å². The third kappa shape index (κ3) is 3.53. The number of hydrogen-bond donors (Lipinski definition) is 0. The zero-order chi connectivity index (χ0) is 18.9. The monoisotopic (exact) mass is 394 g/mol. The first-order valence-corrected chi connectivity index (χ1v) is 10.2. The number of rotatable bonds is 4. The highest BCUT2D eigenvalue weighted by atomic mass is 32.1. The van der Waals surface area contributed by atoms with Gasteiger partial charge in [-0.2, -0.15) is 0 Å². The number of nitrogens with zero attached hydrogens (tertiary/aromatic N) is 6. The van der Waals surface area contributed by atoms with Crippen LogP contribution in [0.25, 0.3) is 21.6 Å². The molecule has 1 atom stereocenters. The van der Waals surface area contributed by atoms with Crippen molar-refractivity contribution in [2.75, 3.05) is 13.1 Å². The highest BCUT2D eigenvalue weighted by Gasteiger charge is 2.24. The van der Waals surface area contributed by atoms with Crippen molar-refractivity contribution in [2.45, 2.75) is 25.4 Å². The van der Waals surface area contributed by atoms with Crippen LogP contribution in [0.15, 0.2) is 48.5 Å². The second kappa shape index (κ2) is 7.37. The van der Waals surface area contributed by atoms with E-state index in [9.17, 15) is 4.39 Å². The van der Waals surface area contributed by atoms with E-state index in [2.05, 4.69) is 38.5 Å². The minimum atomic E-state index is -0.273. The fraction of sp³-hybridized carbons (Fsp3) is 0.300. The van der Waals surface area contributed by atoms with Crippen LogP contribution in [-0.4, -0.2) is 43.2 Å². The Labute approximate surface area is 165 Å². The quantitative estimate of drug-likeness (QED) is 0.525. The van der Waals surface area contributed by atoms with E-state index in [0.29, 0.717) is 18.4 Å². The lowest BCUT2D eigenvalue weighted by Crippen LogP contribution is -2.36. The molecule has 5 rings (SSSR count). The molecule has 0 spiro atoms. The maximum absolute atomic E-state index is 13.1. The number of halogens is 1. The largest absolute Gasteiger partial charge is 0.282 e.